The van der Waals surface area contributed by atoms with Gasteiger partial charge in [0.1, 0.15) is 11.6 Å². The zero-order valence-corrected chi connectivity index (χ0v) is 16.9. The number of sulfonamides is 1. The molecule has 1 aliphatic carbocycles. The summed E-state index contributed by atoms with van der Waals surface area (Å²) in [6, 6.07) is 7.85. The van der Waals surface area contributed by atoms with Crippen molar-refractivity contribution in [2.45, 2.75) is 37.1 Å². The van der Waals surface area contributed by atoms with Crippen LogP contribution in [-0.4, -0.2) is 42.5 Å². The lowest BCUT2D eigenvalue weighted by atomic mass is 9.64. The van der Waals surface area contributed by atoms with Crippen molar-refractivity contribution in [1.29, 1.82) is 0 Å². The summed E-state index contributed by atoms with van der Waals surface area (Å²) in [4.78, 5) is 6.86. The smallest absolute Gasteiger partial charge is 0.256 e. The number of thiophene rings is 1. The molecule has 3 fully saturated rings. The molecule has 0 aromatic carbocycles. The largest absolute Gasteiger partial charge is 0.445 e. The second-order valence-corrected chi connectivity index (χ2v) is 10.7. The fourth-order valence-corrected chi connectivity index (χ4v) is 6.42. The van der Waals surface area contributed by atoms with Crippen LogP contribution in [0.15, 0.2) is 34.9 Å². The molecule has 3 aliphatic heterocycles. The number of halogens is 1. The Labute approximate surface area is 166 Å². The highest BCUT2D eigenvalue weighted by molar-refractivity contribution is 7.90. The van der Waals surface area contributed by atoms with Crippen LogP contribution in [0.25, 0.3) is 0 Å². The molecule has 2 aromatic heterocycles. The lowest BCUT2D eigenvalue weighted by molar-refractivity contribution is 0.149. The zero-order valence-electron chi connectivity index (χ0n) is 14.5. The second-order valence-electron chi connectivity index (χ2n) is 7.25. The van der Waals surface area contributed by atoms with Gasteiger partial charge in [0.15, 0.2) is 5.06 Å². The van der Waals surface area contributed by atoms with Crippen LogP contribution in [0.5, 0.6) is 10.8 Å². The van der Waals surface area contributed by atoms with Crippen molar-refractivity contribution in [2.75, 3.05) is 12.3 Å². The lowest BCUT2D eigenvalue weighted by Crippen LogP contribution is -2.63. The Morgan fingerprint density at radius 2 is 2.04 bits per heavy atom. The summed E-state index contributed by atoms with van der Waals surface area (Å²) in [5.41, 5.74) is 0.463. The Bertz CT molecular complexity index is 1010. The van der Waals surface area contributed by atoms with Gasteiger partial charge in [-0.05, 0) is 49.9 Å². The Hall–Kier alpha value is -1.64. The molecule has 2 saturated heterocycles. The number of nitrogens with zero attached hydrogens (tertiary/aromatic N) is 3. The number of amidine groups is 1. The minimum atomic E-state index is -3.39. The molecule has 6 nitrogen and oxygen atoms in total. The molecule has 9 heteroatoms. The SMILES string of the molecule is O=S1(=O)CCN2C(=N1)C1(c3ccc(Oc4ccc(Cl)s4)cn3)CCC2CC1. The second kappa shape index (κ2) is 6.18. The monoisotopic (exact) mass is 423 g/mol. The molecule has 27 heavy (non-hydrogen) atoms. The van der Waals surface area contributed by atoms with Crippen LogP contribution >= 0.6 is 22.9 Å². The Morgan fingerprint density at radius 3 is 2.70 bits per heavy atom. The van der Waals surface area contributed by atoms with E-state index >= 15 is 0 Å². The van der Waals surface area contributed by atoms with Gasteiger partial charge in [-0.3, -0.25) is 4.98 Å². The van der Waals surface area contributed by atoms with Gasteiger partial charge >= 0.3 is 0 Å². The molecular formula is C18H18ClN3O3S2. The summed E-state index contributed by atoms with van der Waals surface area (Å²) in [5.74, 6) is 1.43. The van der Waals surface area contributed by atoms with E-state index in [0.717, 1.165) is 31.4 Å². The standard InChI is InChI=1S/C18H18ClN3O3S2/c19-15-3-4-16(26-15)25-13-1-2-14(20-11-13)18-7-5-12(6-8-18)22-9-10-27(23,24)21-17(18)22/h1-4,11-12H,5-10H2. The van der Waals surface area contributed by atoms with Crippen LogP contribution in [0.3, 0.4) is 0 Å². The highest BCUT2D eigenvalue weighted by Gasteiger charge is 2.53. The van der Waals surface area contributed by atoms with Gasteiger partial charge in [0, 0.05) is 12.6 Å². The van der Waals surface area contributed by atoms with E-state index in [0.29, 0.717) is 33.6 Å². The van der Waals surface area contributed by atoms with Crippen LogP contribution in [0.4, 0.5) is 0 Å². The summed E-state index contributed by atoms with van der Waals surface area (Å²) in [6.07, 6.45) is 5.56. The molecule has 0 N–H and O–H groups in total. The normalized spacial score (nSPS) is 28.6. The first-order valence-electron chi connectivity index (χ1n) is 8.95. The maximum absolute atomic E-state index is 12.2. The maximum Gasteiger partial charge on any atom is 0.256 e. The zero-order chi connectivity index (χ0) is 18.6. The minimum absolute atomic E-state index is 0.104. The van der Waals surface area contributed by atoms with Crippen molar-refractivity contribution in [2.24, 2.45) is 4.40 Å². The molecule has 0 unspecified atom stereocenters. The fourth-order valence-electron chi connectivity index (χ4n) is 4.46. The third-order valence-electron chi connectivity index (χ3n) is 5.76. The first-order valence-corrected chi connectivity index (χ1v) is 11.8. The summed E-state index contributed by atoms with van der Waals surface area (Å²) >= 11 is 7.30. The van der Waals surface area contributed by atoms with Crippen molar-refractivity contribution in [3.05, 3.63) is 40.5 Å². The van der Waals surface area contributed by atoms with Gasteiger partial charge in [0.05, 0.1) is 27.4 Å². The number of hydrogen-bond donors (Lipinski definition) is 0. The van der Waals surface area contributed by atoms with Crippen LogP contribution in [0, 0.1) is 0 Å². The summed E-state index contributed by atoms with van der Waals surface area (Å²) < 4.78 is 35.0. The number of ether oxygens (including phenoxy) is 1. The highest BCUT2D eigenvalue weighted by atomic mass is 35.5. The molecule has 0 radical (unpaired) electrons. The molecule has 2 aromatic rings. The van der Waals surface area contributed by atoms with Crippen LogP contribution in [-0.2, 0) is 15.4 Å². The van der Waals surface area contributed by atoms with E-state index in [9.17, 15) is 8.42 Å². The maximum atomic E-state index is 12.2. The van der Waals surface area contributed by atoms with E-state index in [2.05, 4.69) is 14.3 Å². The lowest BCUT2D eigenvalue weighted by Gasteiger charge is -2.54. The van der Waals surface area contributed by atoms with Gasteiger partial charge < -0.3 is 9.64 Å². The van der Waals surface area contributed by atoms with E-state index in [1.807, 2.05) is 18.2 Å². The predicted molar refractivity (Wildman–Crippen MR) is 106 cm³/mol. The fraction of sp³-hybridized carbons (Fsp3) is 0.444. The Kier molecular flexibility index (Phi) is 4.00. The van der Waals surface area contributed by atoms with Gasteiger partial charge in [0.2, 0.25) is 0 Å². The number of rotatable bonds is 3. The molecular weight excluding hydrogens is 406 g/mol. The van der Waals surface area contributed by atoms with Crippen LogP contribution < -0.4 is 4.74 Å². The first kappa shape index (κ1) is 17.5. The Balaban J connectivity index is 1.49. The number of pyridine rings is 1. The summed E-state index contributed by atoms with van der Waals surface area (Å²) in [6.45, 7) is 0.536. The van der Waals surface area contributed by atoms with Gasteiger partial charge in [-0.15, -0.1) is 4.40 Å². The Morgan fingerprint density at radius 1 is 1.22 bits per heavy atom. The van der Waals surface area contributed by atoms with Crippen molar-refractivity contribution in [3.63, 3.8) is 0 Å². The number of fused-ring (bicyclic) bond motifs is 2. The van der Waals surface area contributed by atoms with E-state index in [1.54, 1.807) is 12.3 Å². The quantitative estimate of drug-likeness (QED) is 0.750. The number of aromatic nitrogens is 1. The molecule has 0 amide bonds. The van der Waals surface area contributed by atoms with Gasteiger partial charge in [0.25, 0.3) is 10.0 Å². The van der Waals surface area contributed by atoms with Gasteiger partial charge in [-0.25, -0.2) is 8.42 Å². The number of piperidine rings is 2. The summed E-state index contributed by atoms with van der Waals surface area (Å²) in [5, 5.41) is 0.708. The van der Waals surface area contributed by atoms with Crippen molar-refractivity contribution in [1.82, 2.24) is 9.88 Å². The molecule has 5 heterocycles. The molecule has 2 bridgehead atoms. The first-order chi connectivity index (χ1) is 13.0. The number of hydrogen-bond acceptors (Lipinski definition) is 6. The highest BCUT2D eigenvalue weighted by Crippen LogP contribution is 2.48. The van der Waals surface area contributed by atoms with Crippen molar-refractivity contribution < 1.29 is 13.2 Å². The molecule has 142 valence electrons. The average Bonchev–Trinajstić information content (AvgIpc) is 3.07. The van der Waals surface area contributed by atoms with Gasteiger partial charge in [-0.2, -0.15) is 0 Å². The molecule has 4 aliphatic rings. The summed E-state index contributed by atoms with van der Waals surface area (Å²) in [7, 11) is -3.39. The third-order valence-corrected chi connectivity index (χ3v) is 8.02. The van der Waals surface area contributed by atoms with Crippen molar-refractivity contribution >= 4 is 38.8 Å². The predicted octanol–water partition coefficient (Wildman–Crippen LogP) is 3.83. The van der Waals surface area contributed by atoms with Crippen LogP contribution in [0.2, 0.25) is 4.34 Å². The van der Waals surface area contributed by atoms with Crippen LogP contribution in [0.1, 0.15) is 31.4 Å². The van der Waals surface area contributed by atoms with E-state index in [-0.39, 0.29) is 5.75 Å². The minimum Gasteiger partial charge on any atom is -0.445 e. The van der Waals surface area contributed by atoms with Crippen molar-refractivity contribution in [3.8, 4) is 10.8 Å². The third kappa shape index (κ3) is 2.94. The molecule has 0 atom stereocenters. The molecule has 1 saturated carbocycles. The topological polar surface area (TPSA) is 71.9 Å². The van der Waals surface area contributed by atoms with Gasteiger partial charge in [-0.1, -0.05) is 22.9 Å². The average molecular weight is 424 g/mol. The molecule has 0 spiro atoms. The van der Waals surface area contributed by atoms with E-state index in [1.165, 1.54) is 11.3 Å². The van der Waals surface area contributed by atoms with E-state index in [4.69, 9.17) is 16.3 Å². The van der Waals surface area contributed by atoms with E-state index < -0.39 is 15.4 Å². The molecule has 6 rings (SSSR count).